The van der Waals surface area contributed by atoms with Crippen molar-refractivity contribution in [1.29, 1.82) is 0 Å². The van der Waals surface area contributed by atoms with E-state index >= 15 is 0 Å². The third-order valence-electron chi connectivity index (χ3n) is 5.62. The van der Waals surface area contributed by atoms with Crippen LogP contribution in [0.4, 0.5) is 0 Å². The second kappa shape index (κ2) is 8.08. The van der Waals surface area contributed by atoms with E-state index in [-0.39, 0.29) is 19.1 Å². The molecule has 29 heavy (non-hydrogen) atoms. The Morgan fingerprint density at radius 1 is 0.862 bits per heavy atom. The smallest absolute Gasteiger partial charge is 0.227 e. The molecule has 0 radical (unpaired) electrons. The van der Waals surface area contributed by atoms with Gasteiger partial charge in [-0.05, 0) is 36.8 Å². The minimum Gasteiger partial charge on any atom is -0.437 e. The minimum absolute atomic E-state index is 0.0398. The SMILES string of the molecule is OCc1ccc(-c2nc(C3(O)CCC(O)CC3)oc2-c2ccc(CO)cc2)cc1. The lowest BCUT2D eigenvalue weighted by Gasteiger charge is -2.31. The summed E-state index contributed by atoms with van der Waals surface area (Å²) in [5.74, 6) is 0.799. The van der Waals surface area contributed by atoms with Crippen molar-refractivity contribution in [1.82, 2.24) is 4.98 Å². The van der Waals surface area contributed by atoms with E-state index in [4.69, 9.17) is 4.42 Å². The summed E-state index contributed by atoms with van der Waals surface area (Å²) in [5, 5.41) is 39.5. The second-order valence-corrected chi connectivity index (χ2v) is 7.67. The Labute approximate surface area is 169 Å². The summed E-state index contributed by atoms with van der Waals surface area (Å²) in [4.78, 5) is 4.67. The molecule has 0 bridgehead atoms. The molecule has 1 saturated carbocycles. The highest BCUT2D eigenvalue weighted by atomic mass is 16.4. The van der Waals surface area contributed by atoms with E-state index in [2.05, 4.69) is 4.98 Å². The molecule has 0 aliphatic heterocycles. The number of aromatic nitrogens is 1. The first-order chi connectivity index (χ1) is 14.0. The summed E-state index contributed by atoms with van der Waals surface area (Å²) in [5.41, 5.74) is 2.61. The molecule has 0 unspecified atom stereocenters. The lowest BCUT2D eigenvalue weighted by atomic mass is 9.83. The van der Waals surface area contributed by atoms with Gasteiger partial charge >= 0.3 is 0 Å². The van der Waals surface area contributed by atoms with Crippen LogP contribution < -0.4 is 0 Å². The molecule has 2 aromatic carbocycles. The largest absolute Gasteiger partial charge is 0.437 e. The fraction of sp³-hybridized carbons (Fsp3) is 0.348. The molecule has 3 aromatic rings. The maximum Gasteiger partial charge on any atom is 0.227 e. The van der Waals surface area contributed by atoms with Gasteiger partial charge in [-0.1, -0.05) is 48.5 Å². The number of nitrogens with zero attached hydrogens (tertiary/aromatic N) is 1. The fourth-order valence-electron chi connectivity index (χ4n) is 3.73. The molecule has 1 aliphatic carbocycles. The van der Waals surface area contributed by atoms with Crippen molar-refractivity contribution < 1.29 is 24.8 Å². The predicted molar refractivity (Wildman–Crippen MR) is 108 cm³/mol. The van der Waals surface area contributed by atoms with Crippen molar-refractivity contribution in [2.45, 2.75) is 50.6 Å². The quantitative estimate of drug-likeness (QED) is 0.529. The molecule has 4 rings (SSSR count). The van der Waals surface area contributed by atoms with Crippen LogP contribution in [-0.2, 0) is 18.8 Å². The number of rotatable bonds is 5. The van der Waals surface area contributed by atoms with E-state index in [9.17, 15) is 20.4 Å². The first-order valence-corrected chi connectivity index (χ1v) is 9.84. The molecule has 0 spiro atoms. The van der Waals surface area contributed by atoms with Crippen molar-refractivity contribution >= 4 is 0 Å². The van der Waals surface area contributed by atoms with Crippen molar-refractivity contribution in [2.75, 3.05) is 0 Å². The fourth-order valence-corrected chi connectivity index (χ4v) is 3.73. The van der Waals surface area contributed by atoms with E-state index < -0.39 is 11.7 Å². The van der Waals surface area contributed by atoms with Gasteiger partial charge in [-0.25, -0.2) is 4.98 Å². The Balaban J connectivity index is 1.79. The summed E-state index contributed by atoms with van der Waals surface area (Å²) < 4.78 is 6.11. The lowest BCUT2D eigenvalue weighted by molar-refractivity contribution is -0.0539. The van der Waals surface area contributed by atoms with Gasteiger partial charge in [-0.15, -0.1) is 0 Å². The average Bonchev–Trinajstić information content (AvgIpc) is 3.22. The molecule has 0 atom stereocenters. The van der Waals surface area contributed by atoms with Gasteiger partial charge < -0.3 is 24.8 Å². The summed E-state index contributed by atoms with van der Waals surface area (Å²) in [7, 11) is 0. The maximum atomic E-state index is 11.1. The minimum atomic E-state index is -1.21. The first-order valence-electron chi connectivity index (χ1n) is 9.84. The average molecular weight is 395 g/mol. The third-order valence-corrected chi connectivity index (χ3v) is 5.62. The Hall–Kier alpha value is -2.51. The van der Waals surface area contributed by atoms with Crippen LogP contribution in [0.25, 0.3) is 22.6 Å². The first kappa shape index (κ1) is 19.8. The van der Waals surface area contributed by atoms with Gasteiger partial charge in [0, 0.05) is 11.1 Å². The van der Waals surface area contributed by atoms with E-state index in [1.165, 1.54) is 0 Å². The topological polar surface area (TPSA) is 107 Å². The second-order valence-electron chi connectivity index (χ2n) is 7.67. The van der Waals surface area contributed by atoms with Gasteiger partial charge in [0.25, 0.3) is 0 Å². The van der Waals surface area contributed by atoms with E-state index in [0.717, 1.165) is 22.3 Å². The molecule has 0 saturated heterocycles. The molecular formula is C23H25NO5. The number of hydrogen-bond donors (Lipinski definition) is 4. The van der Waals surface area contributed by atoms with Crippen LogP contribution >= 0.6 is 0 Å². The highest BCUT2D eigenvalue weighted by Gasteiger charge is 2.39. The van der Waals surface area contributed by atoms with Crippen LogP contribution in [0.3, 0.4) is 0 Å². The van der Waals surface area contributed by atoms with Crippen LogP contribution in [0.5, 0.6) is 0 Å². The Morgan fingerprint density at radius 3 is 1.90 bits per heavy atom. The molecule has 4 N–H and O–H groups in total. The van der Waals surface area contributed by atoms with Crippen LogP contribution in [0, 0.1) is 0 Å². The lowest BCUT2D eigenvalue weighted by Crippen LogP contribution is -2.33. The molecule has 1 aromatic heterocycles. The molecule has 1 heterocycles. The highest BCUT2D eigenvalue weighted by molar-refractivity contribution is 5.77. The van der Waals surface area contributed by atoms with Gasteiger partial charge in [0.15, 0.2) is 5.76 Å². The normalized spacial score (nSPS) is 22.0. The molecule has 6 heteroatoms. The monoisotopic (exact) mass is 395 g/mol. The van der Waals surface area contributed by atoms with Crippen LogP contribution in [0.15, 0.2) is 52.9 Å². The molecule has 6 nitrogen and oxygen atoms in total. The van der Waals surface area contributed by atoms with Crippen molar-refractivity contribution in [3.05, 3.63) is 65.5 Å². The number of benzene rings is 2. The van der Waals surface area contributed by atoms with E-state index in [1.54, 1.807) is 0 Å². The Morgan fingerprint density at radius 2 is 1.38 bits per heavy atom. The van der Waals surface area contributed by atoms with Crippen LogP contribution in [-0.4, -0.2) is 31.5 Å². The zero-order valence-electron chi connectivity index (χ0n) is 16.1. The predicted octanol–water partition coefficient (Wildman–Crippen LogP) is 3.12. The van der Waals surface area contributed by atoms with E-state index in [0.29, 0.717) is 37.1 Å². The summed E-state index contributed by atoms with van der Waals surface area (Å²) in [6.45, 7) is -0.0820. The zero-order valence-corrected chi connectivity index (χ0v) is 16.1. The number of aliphatic hydroxyl groups excluding tert-OH is 3. The van der Waals surface area contributed by atoms with Gasteiger partial charge in [0.1, 0.15) is 11.3 Å². The molecule has 1 fully saturated rings. The molecule has 1 aliphatic rings. The summed E-state index contributed by atoms with van der Waals surface area (Å²) in [6.07, 6.45) is 1.38. The van der Waals surface area contributed by atoms with Gasteiger partial charge in [-0.2, -0.15) is 0 Å². The molecule has 152 valence electrons. The maximum absolute atomic E-state index is 11.1. The van der Waals surface area contributed by atoms with Crippen LogP contribution in [0.1, 0.15) is 42.7 Å². The Kier molecular flexibility index (Phi) is 5.52. The Bertz CT molecular complexity index is 889. The number of hydrogen-bond acceptors (Lipinski definition) is 6. The third kappa shape index (κ3) is 3.97. The summed E-state index contributed by atoms with van der Waals surface area (Å²) in [6, 6.07) is 14.7. The van der Waals surface area contributed by atoms with Crippen molar-refractivity contribution in [3.8, 4) is 22.6 Å². The zero-order chi connectivity index (χ0) is 20.4. The van der Waals surface area contributed by atoms with Crippen LogP contribution in [0.2, 0.25) is 0 Å². The van der Waals surface area contributed by atoms with Gasteiger partial charge in [-0.3, -0.25) is 0 Å². The summed E-state index contributed by atoms with van der Waals surface area (Å²) >= 11 is 0. The standard InChI is InChI=1S/C23H25NO5/c25-13-15-1-5-17(6-2-15)20-21(18-7-3-16(14-26)4-8-18)29-22(24-20)23(28)11-9-19(27)10-12-23/h1-8,19,25-28H,9-14H2. The molecule has 0 amide bonds. The van der Waals surface area contributed by atoms with Crippen molar-refractivity contribution in [2.24, 2.45) is 0 Å². The van der Waals surface area contributed by atoms with Gasteiger partial charge in [0.05, 0.1) is 19.3 Å². The van der Waals surface area contributed by atoms with Crippen molar-refractivity contribution in [3.63, 3.8) is 0 Å². The highest BCUT2D eigenvalue weighted by Crippen LogP contribution is 2.41. The number of oxazole rings is 1. The molecular weight excluding hydrogens is 370 g/mol. The number of aliphatic hydroxyl groups is 4. The van der Waals surface area contributed by atoms with Gasteiger partial charge in [0.2, 0.25) is 5.89 Å². The van der Waals surface area contributed by atoms with E-state index in [1.807, 2.05) is 48.5 Å².